The van der Waals surface area contributed by atoms with Gasteiger partial charge in [0.15, 0.2) is 0 Å². The molecule has 0 fully saturated rings. The van der Waals surface area contributed by atoms with Crippen LogP contribution in [0.15, 0.2) is 0 Å². The minimum absolute atomic E-state index is 0.208. The molecule has 0 aliphatic carbocycles. The molecule has 31 heavy (non-hydrogen) atoms. The molecule has 11 heteroatoms. The lowest BCUT2D eigenvalue weighted by molar-refractivity contribution is -0.144. The predicted molar refractivity (Wildman–Crippen MR) is 114 cm³/mol. The number of rotatable bonds is 13. The van der Waals surface area contributed by atoms with E-state index < -0.39 is 60.2 Å². The highest BCUT2D eigenvalue weighted by Crippen LogP contribution is 2.11. The Bertz CT molecular complexity index is 666. The minimum atomic E-state index is -1.32. The van der Waals surface area contributed by atoms with Crippen molar-refractivity contribution in [3.05, 3.63) is 0 Å². The van der Waals surface area contributed by atoms with Crippen LogP contribution in [0.1, 0.15) is 54.4 Å². The topological polar surface area (TPSA) is 194 Å². The molecule has 178 valence electrons. The molecule has 8 N–H and O–H groups in total. The molecule has 0 aliphatic rings. The zero-order valence-corrected chi connectivity index (χ0v) is 19.1. The van der Waals surface area contributed by atoms with E-state index in [1.54, 1.807) is 41.5 Å². The normalized spacial score (nSPS) is 16.0. The van der Waals surface area contributed by atoms with Crippen molar-refractivity contribution in [2.75, 3.05) is 0 Å². The number of aliphatic carboxylic acids is 1. The summed E-state index contributed by atoms with van der Waals surface area (Å²) >= 11 is 0. The molecule has 0 aromatic heterocycles. The third-order valence-electron chi connectivity index (χ3n) is 5.08. The van der Waals surface area contributed by atoms with Gasteiger partial charge in [-0.05, 0) is 17.8 Å². The number of nitrogens with two attached hydrogens (primary N) is 2. The Balaban J connectivity index is 5.59. The molecule has 4 amide bonds. The standard InChI is InChI=1S/C20H37N5O6/c1-7-11(6)16(19(29)24-15(10(4)5)20(30)31)25-17(27)12(8-13(21)26)23-18(28)14(22)9(2)3/h9-12,14-16H,7-8,22H2,1-6H3,(H2,21,26)(H,23,28)(H,24,29)(H,25,27)(H,30,31). The first kappa shape index (κ1) is 28.3. The average Bonchev–Trinajstić information content (AvgIpc) is 2.66. The summed E-state index contributed by atoms with van der Waals surface area (Å²) in [6.45, 7) is 10.3. The summed E-state index contributed by atoms with van der Waals surface area (Å²) in [6, 6.07) is -4.45. The van der Waals surface area contributed by atoms with Crippen LogP contribution < -0.4 is 27.4 Å². The molecule has 0 spiro atoms. The fourth-order valence-corrected chi connectivity index (χ4v) is 2.69. The van der Waals surface area contributed by atoms with E-state index in [0.717, 1.165) is 0 Å². The Morgan fingerprint density at radius 2 is 1.32 bits per heavy atom. The van der Waals surface area contributed by atoms with Gasteiger partial charge in [0.25, 0.3) is 0 Å². The minimum Gasteiger partial charge on any atom is -0.480 e. The van der Waals surface area contributed by atoms with Crippen LogP contribution in [0.5, 0.6) is 0 Å². The lowest BCUT2D eigenvalue weighted by atomic mass is 9.96. The number of primary amides is 1. The molecule has 0 bridgehead atoms. The first-order valence-corrected chi connectivity index (χ1v) is 10.4. The quantitative estimate of drug-likeness (QED) is 0.212. The van der Waals surface area contributed by atoms with Crippen molar-refractivity contribution in [1.82, 2.24) is 16.0 Å². The molecular formula is C20H37N5O6. The molecule has 0 aliphatic heterocycles. The number of carboxylic acids is 1. The molecule has 0 saturated heterocycles. The Morgan fingerprint density at radius 1 is 0.806 bits per heavy atom. The lowest BCUT2D eigenvalue weighted by Crippen LogP contribution is -2.59. The smallest absolute Gasteiger partial charge is 0.326 e. The maximum atomic E-state index is 12.8. The predicted octanol–water partition coefficient (Wildman–Crippen LogP) is -0.914. The van der Waals surface area contributed by atoms with Gasteiger partial charge in [-0.1, -0.05) is 48.0 Å². The summed E-state index contributed by atoms with van der Waals surface area (Å²) in [6.07, 6.45) is 0.0177. The number of hydrogen-bond donors (Lipinski definition) is 6. The van der Waals surface area contributed by atoms with Gasteiger partial charge in [-0.25, -0.2) is 4.79 Å². The molecule has 5 atom stereocenters. The van der Waals surface area contributed by atoms with E-state index in [0.29, 0.717) is 6.42 Å². The van der Waals surface area contributed by atoms with Crippen molar-refractivity contribution >= 4 is 29.6 Å². The Morgan fingerprint density at radius 3 is 1.71 bits per heavy atom. The van der Waals surface area contributed by atoms with Crippen LogP contribution in [-0.4, -0.2) is 58.9 Å². The monoisotopic (exact) mass is 443 g/mol. The second-order valence-electron chi connectivity index (χ2n) is 8.44. The summed E-state index contributed by atoms with van der Waals surface area (Å²) in [7, 11) is 0. The third kappa shape index (κ3) is 9.33. The molecule has 5 unspecified atom stereocenters. The fourth-order valence-electron chi connectivity index (χ4n) is 2.69. The summed E-state index contributed by atoms with van der Waals surface area (Å²) in [4.78, 5) is 60.7. The Kier molecular flexibility index (Phi) is 11.8. The van der Waals surface area contributed by atoms with Crippen molar-refractivity contribution in [2.24, 2.45) is 29.2 Å². The van der Waals surface area contributed by atoms with Crippen LogP contribution >= 0.6 is 0 Å². The van der Waals surface area contributed by atoms with Gasteiger partial charge >= 0.3 is 5.97 Å². The highest BCUT2D eigenvalue weighted by atomic mass is 16.4. The molecular weight excluding hydrogens is 406 g/mol. The number of amides is 4. The average molecular weight is 444 g/mol. The summed E-state index contributed by atoms with van der Waals surface area (Å²) in [5.41, 5.74) is 11.0. The maximum absolute atomic E-state index is 12.8. The van der Waals surface area contributed by atoms with Crippen LogP contribution in [0.4, 0.5) is 0 Å². The van der Waals surface area contributed by atoms with Crippen molar-refractivity contribution in [2.45, 2.75) is 78.6 Å². The van der Waals surface area contributed by atoms with Gasteiger partial charge in [0, 0.05) is 0 Å². The second-order valence-corrected chi connectivity index (χ2v) is 8.44. The van der Waals surface area contributed by atoms with Gasteiger partial charge in [-0.3, -0.25) is 19.2 Å². The summed E-state index contributed by atoms with van der Waals surface area (Å²) < 4.78 is 0. The zero-order chi connectivity index (χ0) is 24.5. The first-order chi connectivity index (χ1) is 14.2. The Hall–Kier alpha value is -2.69. The van der Waals surface area contributed by atoms with E-state index in [1.165, 1.54) is 0 Å². The Labute approximate surface area is 183 Å². The van der Waals surface area contributed by atoms with Crippen LogP contribution in [0, 0.1) is 17.8 Å². The highest BCUT2D eigenvalue weighted by Gasteiger charge is 2.34. The van der Waals surface area contributed by atoms with Crippen molar-refractivity contribution in [3.8, 4) is 0 Å². The van der Waals surface area contributed by atoms with Crippen LogP contribution in [0.2, 0.25) is 0 Å². The number of carbonyl (C=O) groups excluding carboxylic acids is 4. The van der Waals surface area contributed by atoms with Crippen LogP contribution in [0.3, 0.4) is 0 Å². The zero-order valence-electron chi connectivity index (χ0n) is 19.1. The van der Waals surface area contributed by atoms with Crippen molar-refractivity contribution in [1.29, 1.82) is 0 Å². The summed E-state index contributed by atoms with van der Waals surface area (Å²) in [5.74, 6) is -5.06. The molecule has 0 radical (unpaired) electrons. The number of carboxylic acid groups (broad SMARTS) is 1. The summed E-state index contributed by atoms with van der Waals surface area (Å²) in [5, 5.41) is 16.7. The SMILES string of the molecule is CCC(C)C(NC(=O)C(CC(N)=O)NC(=O)C(N)C(C)C)C(=O)NC(C(=O)O)C(C)C. The van der Waals surface area contributed by atoms with E-state index in [2.05, 4.69) is 16.0 Å². The largest absolute Gasteiger partial charge is 0.480 e. The molecule has 0 saturated carbocycles. The first-order valence-electron chi connectivity index (χ1n) is 10.4. The van der Waals surface area contributed by atoms with Gasteiger partial charge < -0.3 is 32.5 Å². The number of nitrogens with one attached hydrogen (secondary N) is 3. The van der Waals surface area contributed by atoms with Crippen LogP contribution in [0.25, 0.3) is 0 Å². The van der Waals surface area contributed by atoms with Gasteiger partial charge in [0.2, 0.25) is 23.6 Å². The molecule has 0 rings (SSSR count). The number of carbonyl (C=O) groups is 5. The maximum Gasteiger partial charge on any atom is 0.326 e. The highest BCUT2D eigenvalue weighted by molar-refractivity contribution is 5.96. The van der Waals surface area contributed by atoms with Crippen LogP contribution in [-0.2, 0) is 24.0 Å². The van der Waals surface area contributed by atoms with Gasteiger partial charge in [-0.2, -0.15) is 0 Å². The van der Waals surface area contributed by atoms with E-state index in [-0.39, 0.29) is 17.8 Å². The molecule has 0 aromatic carbocycles. The third-order valence-corrected chi connectivity index (χ3v) is 5.08. The fraction of sp³-hybridized carbons (Fsp3) is 0.750. The van der Waals surface area contributed by atoms with Gasteiger partial charge in [-0.15, -0.1) is 0 Å². The van der Waals surface area contributed by atoms with E-state index in [4.69, 9.17) is 11.5 Å². The molecule has 0 heterocycles. The molecule has 0 aromatic rings. The van der Waals surface area contributed by atoms with E-state index in [9.17, 15) is 29.1 Å². The number of hydrogen-bond acceptors (Lipinski definition) is 6. The van der Waals surface area contributed by atoms with Gasteiger partial charge in [0.05, 0.1) is 12.5 Å². The second kappa shape index (κ2) is 12.9. The lowest BCUT2D eigenvalue weighted by Gasteiger charge is -2.28. The van der Waals surface area contributed by atoms with Crippen molar-refractivity contribution < 1.29 is 29.1 Å². The van der Waals surface area contributed by atoms with E-state index in [1.807, 2.05) is 0 Å². The van der Waals surface area contributed by atoms with Crippen molar-refractivity contribution in [3.63, 3.8) is 0 Å². The molecule has 11 nitrogen and oxygen atoms in total. The van der Waals surface area contributed by atoms with E-state index >= 15 is 0 Å². The van der Waals surface area contributed by atoms with Gasteiger partial charge in [0.1, 0.15) is 18.1 Å².